The third kappa shape index (κ3) is 19.4. The predicted molar refractivity (Wildman–Crippen MR) is 351 cm³/mol. The lowest BCUT2D eigenvalue weighted by atomic mass is 9.87. The monoisotopic (exact) mass is 1290 g/mol. The van der Waals surface area contributed by atoms with Crippen molar-refractivity contribution >= 4 is 85.2 Å². The van der Waals surface area contributed by atoms with E-state index < -0.39 is 35.2 Å². The van der Waals surface area contributed by atoms with E-state index in [9.17, 15) is 31.9 Å². The minimum Gasteiger partial charge on any atom is -0.494 e. The molecule has 4 N–H and O–H groups in total. The third-order valence-electron chi connectivity index (χ3n) is 14.5. The lowest BCUT2D eigenvalue weighted by Gasteiger charge is -2.26. The molecule has 6 aromatic carbocycles. The largest absolute Gasteiger partial charge is 0.494 e. The number of aliphatic hydroxyl groups excluding tert-OH is 2. The number of benzene rings is 6. The van der Waals surface area contributed by atoms with Crippen molar-refractivity contribution in [1.29, 1.82) is 0 Å². The predicted octanol–water partition coefficient (Wildman–Crippen LogP) is 14.9. The molecule has 0 fully saturated rings. The molecule has 0 radical (unpaired) electrons. The summed E-state index contributed by atoms with van der Waals surface area (Å²) in [4.78, 5) is 41.3. The molecule has 15 nitrogen and oxygen atoms in total. The highest BCUT2D eigenvalue weighted by atomic mass is 35.5. The van der Waals surface area contributed by atoms with Crippen LogP contribution in [0.4, 0.5) is 22.4 Å². The Balaban J connectivity index is 0.000000261. The number of unbranched alkanes of at least 4 members (excludes halogenated alkanes) is 2. The van der Waals surface area contributed by atoms with Crippen LogP contribution in [0.1, 0.15) is 100 Å². The molecule has 0 aliphatic rings. The number of carbonyl (C=O) groups excluding carboxylic acids is 3. The summed E-state index contributed by atoms with van der Waals surface area (Å²) >= 11 is 13.0. The number of allylic oxidation sites excluding steroid dienone is 3. The van der Waals surface area contributed by atoms with Gasteiger partial charge in [0.2, 0.25) is 23.7 Å². The van der Waals surface area contributed by atoms with Crippen molar-refractivity contribution in [3.05, 3.63) is 213 Å². The van der Waals surface area contributed by atoms with Gasteiger partial charge in [0.05, 0.1) is 58.2 Å². The number of nitrogens with one attached hydrogen (secondary N) is 2. The first-order valence-electron chi connectivity index (χ1n) is 29.8. The van der Waals surface area contributed by atoms with E-state index in [1.165, 1.54) is 51.1 Å². The Morgan fingerprint density at radius 3 is 1.44 bits per heavy atom. The van der Waals surface area contributed by atoms with Crippen molar-refractivity contribution in [2.75, 3.05) is 66.7 Å². The second kappa shape index (κ2) is 33.4. The van der Waals surface area contributed by atoms with Gasteiger partial charge in [-0.15, -0.1) is 0 Å². The second-order valence-electron chi connectivity index (χ2n) is 22.1. The number of carbonyl (C=O) groups is 3. The van der Waals surface area contributed by atoms with Crippen LogP contribution in [0.3, 0.4) is 0 Å². The van der Waals surface area contributed by atoms with Crippen LogP contribution in [-0.4, -0.2) is 136 Å². The lowest BCUT2D eigenvalue weighted by molar-refractivity contribution is -0.125. The standard InChI is InChI=1S/C37H41ClF2N4O5.C33H34ClF2N3O3/c1-6-28(29-15-12-26(39)23-31(29)38)34(25-11-16-32-30(22-25)35(40)42-41-32)24-9-13-27(14-10-24)48-21-19-44(36(47)49-37(2,3)4)17-7-8-33(46)43(5)18-20-45;1-3-26(27-15-12-24(35)21-29(27)34)32(23-11-16-30-28(20-23)33(36)38-37-30)22-9-13-25(14-10-22)42-19-7-5-4-6-8-31(41)39(2)17-18-40/h7-16,22-23,45H,6,17-21H2,1-5H3,(H,41,42);6,8-16,20-21,40H,3-5,7,17-19H2,1-2H3,(H,37,38)/b8-7+,34-28+;8-6+,32-26+. The summed E-state index contributed by atoms with van der Waals surface area (Å²) in [6.45, 7) is 10.5. The molecule has 0 saturated carbocycles. The molecule has 2 heterocycles. The number of nitrogens with zero attached hydrogens (tertiary/aromatic N) is 5. The maximum absolute atomic E-state index is 14.6. The molecule has 0 bridgehead atoms. The van der Waals surface area contributed by atoms with Gasteiger partial charge < -0.3 is 39.1 Å². The number of aromatic amines is 2. The van der Waals surface area contributed by atoms with Gasteiger partial charge in [0.1, 0.15) is 35.3 Å². The highest BCUT2D eigenvalue weighted by Crippen LogP contribution is 2.41. The fourth-order valence-corrected chi connectivity index (χ4v) is 10.4. The van der Waals surface area contributed by atoms with Crippen LogP contribution >= 0.6 is 23.2 Å². The van der Waals surface area contributed by atoms with Crippen molar-refractivity contribution < 1.29 is 56.4 Å². The van der Waals surface area contributed by atoms with Gasteiger partial charge in [-0.2, -0.15) is 19.0 Å². The summed E-state index contributed by atoms with van der Waals surface area (Å²) < 4.78 is 74.3. The van der Waals surface area contributed by atoms with Gasteiger partial charge in [-0.05, 0) is 187 Å². The lowest BCUT2D eigenvalue weighted by Crippen LogP contribution is -2.39. The molecule has 0 atom stereocenters. The maximum Gasteiger partial charge on any atom is 0.410 e. The average molecular weight is 1290 g/mol. The first-order chi connectivity index (χ1) is 43.6. The van der Waals surface area contributed by atoms with Gasteiger partial charge >= 0.3 is 6.09 Å². The number of likely N-dealkylation sites (N-methyl/N-ethyl adjacent to an activating group) is 2. The van der Waals surface area contributed by atoms with Crippen LogP contribution in [-0.2, 0) is 14.3 Å². The van der Waals surface area contributed by atoms with E-state index in [1.54, 1.807) is 89.5 Å². The summed E-state index contributed by atoms with van der Waals surface area (Å²) in [5, 5.41) is 32.0. The first kappa shape index (κ1) is 69.7. The molecule has 0 spiro atoms. The number of hydrogen-bond donors (Lipinski definition) is 4. The van der Waals surface area contributed by atoms with Gasteiger partial charge in [-0.1, -0.05) is 97.7 Å². The molecule has 3 amide bonds. The summed E-state index contributed by atoms with van der Waals surface area (Å²) in [7, 11) is 3.23. The quantitative estimate of drug-likeness (QED) is 0.0176. The fourth-order valence-electron chi connectivity index (χ4n) is 9.86. The van der Waals surface area contributed by atoms with E-state index in [0.29, 0.717) is 75.4 Å². The number of aliphatic hydroxyl groups is 2. The molecule has 8 rings (SSSR count). The highest BCUT2D eigenvalue weighted by Gasteiger charge is 2.23. The molecule has 0 aliphatic carbocycles. The minimum absolute atomic E-state index is 0.0601. The SMILES string of the molecule is CC/C(=C(/c1ccc(OCCCC/C=C/C(=O)N(C)CCO)cc1)c1ccc2n[nH]c(F)c2c1)c1ccc(F)cc1Cl.CC/C(=C(/c1ccc(OCCN(C/C=C/C(=O)N(C)CCO)C(=O)OC(C)(C)C)cc1)c1ccc2n[nH]c(F)c2c1)c1ccc(F)cc1Cl. The molecule has 91 heavy (non-hydrogen) atoms. The number of amides is 3. The van der Waals surface area contributed by atoms with Gasteiger partial charge in [0, 0.05) is 39.8 Å². The summed E-state index contributed by atoms with van der Waals surface area (Å²) in [6, 6.07) is 34.3. The molecular formula is C70H75Cl2F4N7O8. The third-order valence-corrected chi connectivity index (χ3v) is 15.1. The van der Waals surface area contributed by atoms with Crippen molar-refractivity contribution in [2.24, 2.45) is 0 Å². The number of fused-ring (bicyclic) bond motifs is 2. The van der Waals surface area contributed by atoms with Gasteiger partial charge in [-0.3, -0.25) is 19.8 Å². The van der Waals surface area contributed by atoms with Crippen molar-refractivity contribution in [1.82, 2.24) is 35.1 Å². The number of aromatic nitrogens is 4. The number of rotatable bonds is 26. The Labute approximate surface area is 537 Å². The zero-order valence-electron chi connectivity index (χ0n) is 51.9. The van der Waals surface area contributed by atoms with Gasteiger partial charge in [0.25, 0.3) is 0 Å². The summed E-state index contributed by atoms with van der Waals surface area (Å²) in [6.07, 6.45) is 9.30. The molecule has 8 aromatic rings. The molecule has 2 aromatic heterocycles. The minimum atomic E-state index is -0.721. The van der Waals surface area contributed by atoms with Crippen LogP contribution < -0.4 is 9.47 Å². The van der Waals surface area contributed by atoms with E-state index >= 15 is 0 Å². The van der Waals surface area contributed by atoms with E-state index in [2.05, 4.69) is 20.4 Å². The maximum atomic E-state index is 14.6. The molecule has 0 saturated heterocycles. The van der Waals surface area contributed by atoms with E-state index in [4.69, 9.17) is 47.6 Å². The van der Waals surface area contributed by atoms with Crippen LogP contribution in [0, 0.1) is 23.5 Å². The number of H-pyrrole nitrogens is 2. The topological polar surface area (TPSA) is 186 Å². The average Bonchev–Trinajstić information content (AvgIpc) is 1.77. The van der Waals surface area contributed by atoms with E-state index in [-0.39, 0.29) is 56.3 Å². The zero-order valence-corrected chi connectivity index (χ0v) is 53.4. The molecule has 480 valence electrons. The Kier molecular flexibility index (Phi) is 25.6. The van der Waals surface area contributed by atoms with Gasteiger partial charge in [-0.25, -0.2) is 13.6 Å². The van der Waals surface area contributed by atoms with Crippen LogP contribution in [0.5, 0.6) is 11.5 Å². The number of hydrogen-bond acceptors (Lipinski definition) is 10. The summed E-state index contributed by atoms with van der Waals surface area (Å²) in [5.74, 6) is -1.10. The van der Waals surface area contributed by atoms with Crippen LogP contribution in [0.2, 0.25) is 10.0 Å². The van der Waals surface area contributed by atoms with E-state index in [1.807, 2.05) is 68.5 Å². The smallest absolute Gasteiger partial charge is 0.410 e. The van der Waals surface area contributed by atoms with Crippen LogP contribution in [0.15, 0.2) is 146 Å². The molecule has 0 unspecified atom stereocenters. The normalized spacial score (nSPS) is 12.2. The first-order valence-corrected chi connectivity index (χ1v) is 30.5. The molecular weight excluding hydrogens is 1210 g/mol. The fraction of sp³-hybridized carbons (Fsp3) is 0.300. The number of ether oxygens (including phenoxy) is 3. The summed E-state index contributed by atoms with van der Waals surface area (Å²) in [5.41, 5.74) is 8.20. The highest BCUT2D eigenvalue weighted by molar-refractivity contribution is 6.33. The number of halogens is 6. The molecule has 21 heteroatoms. The van der Waals surface area contributed by atoms with Crippen molar-refractivity contribution in [3.63, 3.8) is 0 Å². The van der Waals surface area contributed by atoms with E-state index in [0.717, 1.165) is 63.8 Å². The van der Waals surface area contributed by atoms with Crippen LogP contribution in [0.25, 0.3) is 44.1 Å². The zero-order chi connectivity index (χ0) is 65.8. The Hall–Kier alpha value is -8.75. The Morgan fingerprint density at radius 1 is 0.571 bits per heavy atom. The van der Waals surface area contributed by atoms with Gasteiger partial charge in [0.15, 0.2) is 0 Å². The Morgan fingerprint density at radius 2 is 1.01 bits per heavy atom. The molecule has 0 aliphatic heterocycles. The van der Waals surface area contributed by atoms with Crippen molar-refractivity contribution in [3.8, 4) is 11.5 Å². The Bertz CT molecular complexity index is 3920. The second-order valence-corrected chi connectivity index (χ2v) is 23.0. The van der Waals surface area contributed by atoms with Crippen molar-refractivity contribution in [2.45, 2.75) is 72.3 Å².